The molecule has 0 spiro atoms. The molecule has 3 heteroatoms. The second-order valence-electron chi connectivity index (χ2n) is 8.18. The standard InChI is InChI=1S/C30H22BNO/c1-3-11-23(12-4-1)24-19-21-25(22-20-24)32-29-17-9-7-15-27(29)31(28-16-8-10-18-30(28)32)33-26-13-5-2-6-14-26/h1-22H. The molecule has 0 fully saturated rings. The van der Waals surface area contributed by atoms with Crippen LogP contribution in [0.5, 0.6) is 5.75 Å². The van der Waals surface area contributed by atoms with E-state index in [4.69, 9.17) is 4.65 Å². The van der Waals surface area contributed by atoms with Crippen LogP contribution in [-0.2, 0) is 0 Å². The summed E-state index contributed by atoms with van der Waals surface area (Å²) < 4.78 is 6.54. The molecule has 0 bridgehead atoms. The van der Waals surface area contributed by atoms with Gasteiger partial charge in [0.1, 0.15) is 0 Å². The molecule has 0 radical (unpaired) electrons. The van der Waals surface area contributed by atoms with Crippen molar-refractivity contribution >= 4 is 34.9 Å². The van der Waals surface area contributed by atoms with Crippen LogP contribution in [-0.4, -0.2) is 6.92 Å². The zero-order valence-electron chi connectivity index (χ0n) is 18.1. The van der Waals surface area contributed by atoms with Gasteiger partial charge in [0.05, 0.1) is 5.75 Å². The molecule has 0 amide bonds. The molecule has 1 heterocycles. The molecule has 5 aromatic rings. The van der Waals surface area contributed by atoms with E-state index in [0.29, 0.717) is 0 Å². The van der Waals surface area contributed by atoms with E-state index in [9.17, 15) is 0 Å². The van der Waals surface area contributed by atoms with Gasteiger partial charge in [-0.1, -0.05) is 97.1 Å². The van der Waals surface area contributed by atoms with Crippen LogP contribution in [0.2, 0.25) is 0 Å². The Kier molecular flexibility index (Phi) is 4.93. The van der Waals surface area contributed by atoms with E-state index in [1.165, 1.54) is 11.1 Å². The lowest BCUT2D eigenvalue weighted by molar-refractivity contribution is 0.591. The van der Waals surface area contributed by atoms with Crippen molar-refractivity contribution in [3.8, 4) is 16.9 Å². The summed E-state index contributed by atoms with van der Waals surface area (Å²) in [6, 6.07) is 46.4. The number of rotatable bonds is 4. The monoisotopic (exact) mass is 423 g/mol. The fourth-order valence-electron chi connectivity index (χ4n) is 4.60. The summed E-state index contributed by atoms with van der Waals surface area (Å²) in [7, 11) is 0. The minimum atomic E-state index is -0.167. The van der Waals surface area contributed by atoms with Gasteiger partial charge in [0, 0.05) is 17.1 Å². The van der Waals surface area contributed by atoms with Crippen molar-refractivity contribution < 1.29 is 4.65 Å². The molecule has 2 nitrogen and oxygen atoms in total. The highest BCUT2D eigenvalue weighted by Gasteiger charge is 2.36. The van der Waals surface area contributed by atoms with E-state index in [1.807, 2.05) is 36.4 Å². The van der Waals surface area contributed by atoms with Gasteiger partial charge in [-0.2, -0.15) is 0 Å². The lowest BCUT2D eigenvalue weighted by atomic mass is 9.52. The first kappa shape index (κ1) is 19.5. The van der Waals surface area contributed by atoms with E-state index in [0.717, 1.165) is 33.7 Å². The summed E-state index contributed by atoms with van der Waals surface area (Å²) in [6.07, 6.45) is 0. The fraction of sp³-hybridized carbons (Fsp3) is 0. The first-order chi connectivity index (χ1) is 16.4. The SMILES string of the molecule is c1ccc(OB2c3ccccc3N(c3ccc(-c4ccccc4)cc3)c3ccccc32)cc1. The highest BCUT2D eigenvalue weighted by molar-refractivity contribution is 6.84. The van der Waals surface area contributed by atoms with Crippen LogP contribution >= 0.6 is 0 Å². The zero-order valence-corrected chi connectivity index (χ0v) is 18.1. The van der Waals surface area contributed by atoms with Crippen LogP contribution in [0.25, 0.3) is 11.1 Å². The summed E-state index contributed by atoms with van der Waals surface area (Å²) in [5.74, 6) is 0.868. The molecule has 0 aliphatic carbocycles. The highest BCUT2D eigenvalue weighted by Crippen LogP contribution is 2.36. The molecule has 0 unspecified atom stereocenters. The summed E-state index contributed by atoms with van der Waals surface area (Å²) in [5.41, 5.74) is 8.17. The lowest BCUT2D eigenvalue weighted by Crippen LogP contribution is -2.53. The molecule has 0 aromatic heterocycles. The summed E-state index contributed by atoms with van der Waals surface area (Å²) in [5, 5.41) is 0. The van der Waals surface area contributed by atoms with Gasteiger partial charge in [0.15, 0.2) is 0 Å². The quantitative estimate of drug-likeness (QED) is 0.314. The average Bonchev–Trinajstić information content (AvgIpc) is 2.90. The first-order valence-corrected chi connectivity index (χ1v) is 11.2. The Morgan fingerprint density at radius 3 is 1.55 bits per heavy atom. The molecular weight excluding hydrogens is 401 g/mol. The van der Waals surface area contributed by atoms with E-state index < -0.39 is 0 Å². The third-order valence-electron chi connectivity index (χ3n) is 6.15. The summed E-state index contributed by atoms with van der Waals surface area (Å²) in [4.78, 5) is 2.34. The lowest BCUT2D eigenvalue weighted by Gasteiger charge is -2.36. The molecule has 0 saturated carbocycles. The van der Waals surface area contributed by atoms with Crippen molar-refractivity contribution in [2.75, 3.05) is 4.90 Å². The Morgan fingerprint density at radius 1 is 0.455 bits per heavy atom. The Labute approximate surface area is 194 Å². The number of benzene rings is 5. The van der Waals surface area contributed by atoms with Crippen LogP contribution in [0, 0.1) is 0 Å². The largest absolute Gasteiger partial charge is 0.551 e. The predicted molar refractivity (Wildman–Crippen MR) is 139 cm³/mol. The fourth-order valence-corrected chi connectivity index (χ4v) is 4.60. The topological polar surface area (TPSA) is 12.5 Å². The van der Waals surface area contributed by atoms with Crippen LogP contribution in [0.4, 0.5) is 17.1 Å². The third kappa shape index (κ3) is 3.58. The number of para-hydroxylation sites is 3. The molecule has 0 atom stereocenters. The zero-order chi connectivity index (χ0) is 22.0. The molecule has 0 saturated heterocycles. The van der Waals surface area contributed by atoms with Gasteiger partial charge >= 0.3 is 6.92 Å². The van der Waals surface area contributed by atoms with Crippen molar-refractivity contribution in [2.45, 2.75) is 0 Å². The maximum Gasteiger partial charge on any atom is 0.430 e. The molecule has 33 heavy (non-hydrogen) atoms. The Hall–Kier alpha value is -4.24. The molecule has 0 N–H and O–H groups in total. The third-order valence-corrected chi connectivity index (χ3v) is 6.15. The molecule has 6 rings (SSSR count). The number of fused-ring (bicyclic) bond motifs is 2. The van der Waals surface area contributed by atoms with Gasteiger partial charge in [0.2, 0.25) is 0 Å². The van der Waals surface area contributed by atoms with Crippen LogP contribution < -0.4 is 20.5 Å². The van der Waals surface area contributed by atoms with Crippen molar-refractivity contribution in [1.29, 1.82) is 0 Å². The van der Waals surface area contributed by atoms with E-state index >= 15 is 0 Å². The first-order valence-electron chi connectivity index (χ1n) is 11.2. The van der Waals surface area contributed by atoms with Crippen LogP contribution in [0.1, 0.15) is 0 Å². The minimum Gasteiger partial charge on any atom is -0.551 e. The smallest absolute Gasteiger partial charge is 0.430 e. The van der Waals surface area contributed by atoms with Crippen molar-refractivity contribution in [3.63, 3.8) is 0 Å². The van der Waals surface area contributed by atoms with Gasteiger partial charge in [-0.15, -0.1) is 0 Å². The van der Waals surface area contributed by atoms with E-state index in [1.54, 1.807) is 0 Å². The van der Waals surface area contributed by atoms with Gasteiger partial charge in [-0.05, 0) is 58.5 Å². The highest BCUT2D eigenvalue weighted by atomic mass is 16.4. The maximum atomic E-state index is 6.54. The Bertz CT molecular complexity index is 1340. The number of hydrogen-bond acceptors (Lipinski definition) is 2. The number of nitrogens with zero attached hydrogens (tertiary/aromatic N) is 1. The normalized spacial score (nSPS) is 12.1. The Balaban J connectivity index is 1.45. The van der Waals surface area contributed by atoms with Gasteiger partial charge in [-0.25, -0.2) is 0 Å². The maximum absolute atomic E-state index is 6.54. The van der Waals surface area contributed by atoms with E-state index in [-0.39, 0.29) is 6.92 Å². The summed E-state index contributed by atoms with van der Waals surface area (Å²) in [6.45, 7) is -0.167. The van der Waals surface area contributed by atoms with Gasteiger partial charge in [-0.3, -0.25) is 0 Å². The summed E-state index contributed by atoms with van der Waals surface area (Å²) >= 11 is 0. The molecular formula is C30H22BNO. The molecule has 156 valence electrons. The molecule has 1 aliphatic heterocycles. The Morgan fingerprint density at radius 2 is 0.939 bits per heavy atom. The van der Waals surface area contributed by atoms with Crippen LogP contribution in [0.3, 0.4) is 0 Å². The van der Waals surface area contributed by atoms with Crippen molar-refractivity contribution in [3.05, 3.63) is 133 Å². The molecule has 5 aromatic carbocycles. The second kappa shape index (κ2) is 8.36. The average molecular weight is 423 g/mol. The minimum absolute atomic E-state index is 0.167. The second-order valence-corrected chi connectivity index (χ2v) is 8.18. The number of hydrogen-bond donors (Lipinski definition) is 0. The van der Waals surface area contributed by atoms with Crippen molar-refractivity contribution in [2.24, 2.45) is 0 Å². The van der Waals surface area contributed by atoms with E-state index in [2.05, 4.69) is 102 Å². The van der Waals surface area contributed by atoms with Crippen molar-refractivity contribution in [1.82, 2.24) is 0 Å². The van der Waals surface area contributed by atoms with Gasteiger partial charge < -0.3 is 9.55 Å². The van der Waals surface area contributed by atoms with Crippen LogP contribution in [0.15, 0.2) is 133 Å². The number of anilines is 3. The molecule has 1 aliphatic rings. The van der Waals surface area contributed by atoms with Gasteiger partial charge in [0.25, 0.3) is 0 Å². The predicted octanol–water partition coefficient (Wildman–Crippen LogP) is 6.32.